The molecule has 0 aromatic heterocycles. The van der Waals surface area contributed by atoms with Crippen molar-refractivity contribution < 1.29 is 19.1 Å². The zero-order valence-electron chi connectivity index (χ0n) is 11.1. The molecule has 1 amide bonds. The van der Waals surface area contributed by atoms with Crippen LogP contribution in [0.5, 0.6) is 0 Å². The monoisotopic (exact) mass is 266 g/mol. The number of hydrogen-bond donors (Lipinski definition) is 2. The molecule has 0 heterocycles. The standard InChI is InChI=1S/C13H18N2O4/c1-9-3-4-11(10(7-9)13(17)18-2)15-12(16)8-19-6-5-14/h3-4,7H,5-6,8,14H2,1-2H3,(H,15,16). The lowest BCUT2D eigenvalue weighted by Crippen LogP contribution is -2.22. The Bertz CT molecular complexity index is 460. The molecule has 0 aliphatic carbocycles. The van der Waals surface area contributed by atoms with Crippen LogP contribution >= 0.6 is 0 Å². The van der Waals surface area contributed by atoms with E-state index < -0.39 is 5.97 Å². The van der Waals surface area contributed by atoms with Crippen LogP contribution in [0.4, 0.5) is 5.69 Å². The number of aryl methyl sites for hydroxylation is 1. The molecule has 0 fully saturated rings. The molecule has 6 heteroatoms. The summed E-state index contributed by atoms with van der Waals surface area (Å²) < 4.78 is 9.69. The van der Waals surface area contributed by atoms with E-state index in [1.54, 1.807) is 18.2 Å². The summed E-state index contributed by atoms with van der Waals surface area (Å²) in [7, 11) is 1.29. The second kappa shape index (κ2) is 7.50. The fraction of sp³-hybridized carbons (Fsp3) is 0.385. The quantitative estimate of drug-likeness (QED) is 0.584. The number of nitrogens with one attached hydrogen (secondary N) is 1. The Balaban J connectivity index is 2.77. The summed E-state index contributed by atoms with van der Waals surface area (Å²) in [6, 6.07) is 5.10. The van der Waals surface area contributed by atoms with Crippen molar-refractivity contribution in [2.24, 2.45) is 5.73 Å². The predicted octanol–water partition coefficient (Wildman–Crippen LogP) is 0.695. The third-order valence-electron chi connectivity index (χ3n) is 2.35. The van der Waals surface area contributed by atoms with Gasteiger partial charge in [0.2, 0.25) is 5.91 Å². The van der Waals surface area contributed by atoms with Crippen LogP contribution in [0, 0.1) is 6.92 Å². The van der Waals surface area contributed by atoms with Gasteiger partial charge in [-0.3, -0.25) is 4.79 Å². The van der Waals surface area contributed by atoms with Gasteiger partial charge in [-0.05, 0) is 19.1 Å². The first kappa shape index (κ1) is 15.1. The second-order valence-corrected chi connectivity index (χ2v) is 3.93. The largest absolute Gasteiger partial charge is 0.465 e. The first-order valence-electron chi connectivity index (χ1n) is 5.85. The van der Waals surface area contributed by atoms with Crippen LogP contribution in [0.1, 0.15) is 15.9 Å². The molecule has 0 aliphatic rings. The fourth-order valence-corrected chi connectivity index (χ4v) is 1.48. The summed E-state index contributed by atoms with van der Waals surface area (Å²) >= 11 is 0. The van der Waals surface area contributed by atoms with Gasteiger partial charge in [0.1, 0.15) is 6.61 Å². The highest BCUT2D eigenvalue weighted by atomic mass is 16.5. The normalized spacial score (nSPS) is 10.1. The van der Waals surface area contributed by atoms with Gasteiger partial charge >= 0.3 is 5.97 Å². The van der Waals surface area contributed by atoms with Crippen LogP contribution in [-0.4, -0.2) is 38.7 Å². The van der Waals surface area contributed by atoms with Gasteiger partial charge in [-0.1, -0.05) is 11.6 Å². The molecule has 1 aromatic carbocycles. The molecule has 0 radical (unpaired) electrons. The van der Waals surface area contributed by atoms with E-state index in [4.69, 9.17) is 10.5 Å². The number of rotatable bonds is 6. The van der Waals surface area contributed by atoms with Crippen LogP contribution < -0.4 is 11.1 Å². The van der Waals surface area contributed by atoms with E-state index in [2.05, 4.69) is 10.1 Å². The maximum Gasteiger partial charge on any atom is 0.339 e. The van der Waals surface area contributed by atoms with E-state index in [1.165, 1.54) is 7.11 Å². The number of amides is 1. The molecular formula is C13H18N2O4. The van der Waals surface area contributed by atoms with Crippen LogP contribution in [0.25, 0.3) is 0 Å². The Morgan fingerprint density at radius 3 is 2.74 bits per heavy atom. The van der Waals surface area contributed by atoms with E-state index >= 15 is 0 Å². The average Bonchev–Trinajstić information content (AvgIpc) is 2.40. The van der Waals surface area contributed by atoms with Crippen LogP contribution in [0.15, 0.2) is 18.2 Å². The van der Waals surface area contributed by atoms with Gasteiger partial charge in [-0.2, -0.15) is 0 Å². The number of methoxy groups -OCH3 is 1. The summed E-state index contributed by atoms with van der Waals surface area (Å²) in [5.74, 6) is -0.843. The second-order valence-electron chi connectivity index (χ2n) is 3.93. The molecule has 3 N–H and O–H groups in total. The van der Waals surface area contributed by atoms with Gasteiger partial charge in [0.25, 0.3) is 0 Å². The van der Waals surface area contributed by atoms with Crippen LogP contribution in [-0.2, 0) is 14.3 Å². The van der Waals surface area contributed by atoms with Gasteiger partial charge in [0.15, 0.2) is 0 Å². The number of carbonyl (C=O) groups is 2. The molecule has 0 saturated carbocycles. The van der Waals surface area contributed by atoms with E-state index in [-0.39, 0.29) is 12.5 Å². The Hall–Kier alpha value is -1.92. The lowest BCUT2D eigenvalue weighted by Gasteiger charge is -2.10. The third kappa shape index (κ3) is 4.69. The number of ether oxygens (including phenoxy) is 2. The van der Waals surface area contributed by atoms with Crippen molar-refractivity contribution >= 4 is 17.6 Å². The molecule has 0 atom stereocenters. The average molecular weight is 266 g/mol. The summed E-state index contributed by atoms with van der Waals surface area (Å²) in [6.45, 7) is 2.41. The fourth-order valence-electron chi connectivity index (χ4n) is 1.48. The maximum atomic E-state index is 11.6. The van der Waals surface area contributed by atoms with Gasteiger partial charge in [-0.25, -0.2) is 4.79 Å². The van der Waals surface area contributed by atoms with Gasteiger partial charge in [0.05, 0.1) is 25.0 Å². The molecule has 1 rings (SSSR count). The highest BCUT2D eigenvalue weighted by Gasteiger charge is 2.14. The zero-order chi connectivity index (χ0) is 14.3. The lowest BCUT2D eigenvalue weighted by molar-refractivity contribution is -0.120. The molecule has 0 unspecified atom stereocenters. The Labute approximate surface area is 111 Å². The van der Waals surface area contributed by atoms with Crippen molar-refractivity contribution in [1.29, 1.82) is 0 Å². The molecule has 0 saturated heterocycles. The number of anilines is 1. The van der Waals surface area contributed by atoms with Crippen LogP contribution in [0.3, 0.4) is 0 Å². The van der Waals surface area contributed by atoms with Gasteiger partial charge < -0.3 is 20.5 Å². The van der Waals surface area contributed by atoms with E-state index in [9.17, 15) is 9.59 Å². The third-order valence-corrected chi connectivity index (χ3v) is 2.35. The maximum absolute atomic E-state index is 11.6. The predicted molar refractivity (Wildman–Crippen MR) is 71.0 cm³/mol. The number of nitrogens with two attached hydrogens (primary N) is 1. The first-order chi connectivity index (χ1) is 9.08. The molecule has 104 valence electrons. The minimum absolute atomic E-state index is 0.105. The number of benzene rings is 1. The van der Waals surface area contributed by atoms with Gasteiger partial charge in [-0.15, -0.1) is 0 Å². The summed E-state index contributed by atoms with van der Waals surface area (Å²) in [6.07, 6.45) is 0. The van der Waals surface area contributed by atoms with E-state index in [0.717, 1.165) is 5.56 Å². The van der Waals surface area contributed by atoms with Crippen molar-refractivity contribution in [3.8, 4) is 0 Å². The Kier molecular flexibility index (Phi) is 5.98. The molecular weight excluding hydrogens is 248 g/mol. The van der Waals surface area contributed by atoms with Crippen LogP contribution in [0.2, 0.25) is 0 Å². The van der Waals surface area contributed by atoms with E-state index in [1.807, 2.05) is 6.92 Å². The molecule has 0 bridgehead atoms. The molecule has 0 spiro atoms. The summed E-state index contributed by atoms with van der Waals surface area (Å²) in [5.41, 5.74) is 6.86. The minimum atomic E-state index is -0.498. The SMILES string of the molecule is COC(=O)c1cc(C)ccc1NC(=O)COCCN. The van der Waals surface area contributed by atoms with Crippen molar-refractivity contribution in [3.05, 3.63) is 29.3 Å². The highest BCUT2D eigenvalue weighted by Crippen LogP contribution is 2.18. The van der Waals surface area contributed by atoms with Crippen molar-refractivity contribution in [1.82, 2.24) is 0 Å². The Morgan fingerprint density at radius 2 is 2.11 bits per heavy atom. The number of carbonyl (C=O) groups excluding carboxylic acids is 2. The molecule has 19 heavy (non-hydrogen) atoms. The van der Waals surface area contributed by atoms with Crippen molar-refractivity contribution in [2.75, 3.05) is 32.2 Å². The Morgan fingerprint density at radius 1 is 1.37 bits per heavy atom. The minimum Gasteiger partial charge on any atom is -0.465 e. The summed E-state index contributed by atoms with van der Waals surface area (Å²) in [5, 5.41) is 2.61. The molecule has 1 aromatic rings. The van der Waals surface area contributed by atoms with Crippen molar-refractivity contribution in [2.45, 2.75) is 6.92 Å². The zero-order valence-corrected chi connectivity index (χ0v) is 11.1. The lowest BCUT2D eigenvalue weighted by atomic mass is 10.1. The summed E-state index contributed by atoms with van der Waals surface area (Å²) in [4.78, 5) is 23.2. The number of esters is 1. The first-order valence-corrected chi connectivity index (χ1v) is 5.85. The van der Waals surface area contributed by atoms with Gasteiger partial charge in [0, 0.05) is 6.54 Å². The van der Waals surface area contributed by atoms with E-state index in [0.29, 0.717) is 24.4 Å². The molecule has 6 nitrogen and oxygen atoms in total. The highest BCUT2D eigenvalue weighted by molar-refractivity contribution is 6.01. The topological polar surface area (TPSA) is 90.6 Å². The smallest absolute Gasteiger partial charge is 0.339 e. The molecule has 0 aliphatic heterocycles. The van der Waals surface area contributed by atoms with Crippen molar-refractivity contribution in [3.63, 3.8) is 0 Å². The number of hydrogen-bond acceptors (Lipinski definition) is 5.